The molecule has 116 valence electrons. The van der Waals surface area contributed by atoms with E-state index < -0.39 is 11.7 Å². The monoisotopic (exact) mass is 306 g/mol. The van der Waals surface area contributed by atoms with Gasteiger partial charge in [-0.25, -0.2) is 0 Å². The van der Waals surface area contributed by atoms with Crippen LogP contribution in [0.3, 0.4) is 0 Å². The Balaban J connectivity index is 1.92. The van der Waals surface area contributed by atoms with Crippen molar-refractivity contribution in [1.82, 2.24) is 4.98 Å². The van der Waals surface area contributed by atoms with Crippen molar-refractivity contribution < 1.29 is 9.59 Å². The standard InChI is InChI=1S/C19H18N2O2/c1-2-18(22)19(23)21-17-12-10-15(11-13-17)7-3-4-8-16-9-5-6-14-20-16/h3-14H,2H2,1H3,(H,21,23)/b7-3+,8-4+. The third-order valence-corrected chi connectivity index (χ3v) is 3.10. The SMILES string of the molecule is CCC(=O)C(=O)Nc1ccc(/C=C/C=C/c2ccccn2)cc1. The van der Waals surface area contributed by atoms with E-state index in [4.69, 9.17) is 0 Å². The number of Topliss-reactive ketones (excluding diaryl/α,β-unsaturated/α-hetero) is 1. The van der Waals surface area contributed by atoms with Gasteiger partial charge in [-0.1, -0.05) is 43.4 Å². The minimum atomic E-state index is -0.575. The van der Waals surface area contributed by atoms with Gasteiger partial charge in [-0.3, -0.25) is 14.6 Å². The van der Waals surface area contributed by atoms with Crippen molar-refractivity contribution in [1.29, 1.82) is 0 Å². The lowest BCUT2D eigenvalue weighted by Crippen LogP contribution is -2.21. The molecule has 4 heteroatoms. The Morgan fingerprint density at radius 2 is 1.78 bits per heavy atom. The Morgan fingerprint density at radius 1 is 1.04 bits per heavy atom. The van der Waals surface area contributed by atoms with Crippen molar-refractivity contribution in [2.75, 3.05) is 5.32 Å². The normalized spacial score (nSPS) is 11.0. The average Bonchev–Trinajstić information content (AvgIpc) is 2.60. The molecule has 0 atom stereocenters. The smallest absolute Gasteiger partial charge is 0.291 e. The first-order valence-corrected chi connectivity index (χ1v) is 7.39. The molecular weight excluding hydrogens is 288 g/mol. The van der Waals surface area contributed by atoms with Gasteiger partial charge in [0.25, 0.3) is 5.91 Å². The fourth-order valence-corrected chi connectivity index (χ4v) is 1.83. The molecule has 0 bridgehead atoms. The fraction of sp³-hybridized carbons (Fsp3) is 0.105. The van der Waals surface area contributed by atoms with Gasteiger partial charge in [-0.05, 0) is 35.9 Å². The highest BCUT2D eigenvalue weighted by Gasteiger charge is 2.10. The summed E-state index contributed by atoms with van der Waals surface area (Å²) in [6.07, 6.45) is 9.65. The van der Waals surface area contributed by atoms with E-state index in [1.54, 1.807) is 25.3 Å². The largest absolute Gasteiger partial charge is 0.319 e. The van der Waals surface area contributed by atoms with E-state index in [9.17, 15) is 9.59 Å². The lowest BCUT2D eigenvalue weighted by atomic mass is 10.2. The Kier molecular flexibility index (Phi) is 6.00. The molecule has 1 aromatic carbocycles. The number of benzene rings is 1. The van der Waals surface area contributed by atoms with Crippen molar-refractivity contribution in [3.63, 3.8) is 0 Å². The maximum Gasteiger partial charge on any atom is 0.291 e. The molecule has 0 saturated carbocycles. The highest BCUT2D eigenvalue weighted by Crippen LogP contribution is 2.11. The van der Waals surface area contributed by atoms with Gasteiger partial charge >= 0.3 is 0 Å². The molecule has 23 heavy (non-hydrogen) atoms. The number of ketones is 1. The molecule has 2 rings (SSSR count). The molecule has 0 saturated heterocycles. The van der Waals surface area contributed by atoms with E-state index in [2.05, 4.69) is 10.3 Å². The van der Waals surface area contributed by atoms with Gasteiger partial charge in [-0.2, -0.15) is 0 Å². The number of carbonyl (C=O) groups is 2. The molecule has 0 aliphatic carbocycles. The summed E-state index contributed by atoms with van der Waals surface area (Å²) >= 11 is 0. The first-order valence-electron chi connectivity index (χ1n) is 7.39. The molecule has 0 unspecified atom stereocenters. The number of nitrogens with one attached hydrogen (secondary N) is 1. The summed E-state index contributed by atoms with van der Waals surface area (Å²) in [4.78, 5) is 26.9. The summed E-state index contributed by atoms with van der Waals surface area (Å²) in [6.45, 7) is 1.66. The number of carbonyl (C=O) groups excluding carboxylic acids is 2. The van der Waals surface area contributed by atoms with Crippen LogP contribution in [-0.4, -0.2) is 16.7 Å². The second-order valence-electron chi connectivity index (χ2n) is 4.83. The summed E-state index contributed by atoms with van der Waals surface area (Å²) in [5, 5.41) is 2.57. The maximum atomic E-state index is 11.5. The third-order valence-electron chi connectivity index (χ3n) is 3.10. The number of rotatable bonds is 6. The van der Waals surface area contributed by atoms with Crippen molar-refractivity contribution >= 4 is 29.5 Å². The Hall–Kier alpha value is -3.01. The van der Waals surface area contributed by atoms with Crippen LogP contribution in [-0.2, 0) is 9.59 Å². The molecule has 1 aromatic heterocycles. The Bertz CT molecular complexity index is 717. The Labute approximate surface area is 135 Å². The molecule has 0 fully saturated rings. The fourth-order valence-electron chi connectivity index (χ4n) is 1.83. The molecule has 2 aromatic rings. The van der Waals surface area contributed by atoms with Gasteiger partial charge in [0, 0.05) is 18.3 Å². The quantitative estimate of drug-likeness (QED) is 0.653. The van der Waals surface area contributed by atoms with Crippen LogP contribution in [0.5, 0.6) is 0 Å². The zero-order valence-corrected chi connectivity index (χ0v) is 12.9. The molecule has 0 aliphatic heterocycles. The summed E-state index contributed by atoms with van der Waals surface area (Å²) in [7, 11) is 0. The first-order chi connectivity index (χ1) is 11.2. The molecule has 1 amide bonds. The van der Waals surface area contributed by atoms with Gasteiger partial charge in [0.1, 0.15) is 0 Å². The summed E-state index contributed by atoms with van der Waals surface area (Å²) in [5.41, 5.74) is 2.50. The van der Waals surface area contributed by atoms with Crippen molar-refractivity contribution in [3.8, 4) is 0 Å². The van der Waals surface area contributed by atoms with Crippen LogP contribution in [0.15, 0.2) is 60.8 Å². The number of anilines is 1. The van der Waals surface area contributed by atoms with Crippen LogP contribution in [0.4, 0.5) is 5.69 Å². The van der Waals surface area contributed by atoms with Crippen LogP contribution in [0.25, 0.3) is 12.2 Å². The average molecular weight is 306 g/mol. The van der Waals surface area contributed by atoms with Gasteiger partial charge in [-0.15, -0.1) is 0 Å². The number of hydrogen-bond donors (Lipinski definition) is 1. The van der Waals surface area contributed by atoms with Crippen molar-refractivity contribution in [2.24, 2.45) is 0 Å². The maximum absolute atomic E-state index is 11.5. The van der Waals surface area contributed by atoms with Crippen LogP contribution in [0.1, 0.15) is 24.6 Å². The van der Waals surface area contributed by atoms with Gasteiger partial charge < -0.3 is 5.32 Å². The lowest BCUT2D eigenvalue weighted by molar-refractivity contribution is -0.134. The van der Waals surface area contributed by atoms with Gasteiger partial charge in [0.05, 0.1) is 5.69 Å². The summed E-state index contributed by atoms with van der Waals surface area (Å²) < 4.78 is 0. The second kappa shape index (κ2) is 8.44. The molecular formula is C19H18N2O2. The van der Waals surface area contributed by atoms with Crippen molar-refractivity contribution in [2.45, 2.75) is 13.3 Å². The zero-order valence-electron chi connectivity index (χ0n) is 12.9. The number of hydrogen-bond acceptors (Lipinski definition) is 3. The lowest BCUT2D eigenvalue weighted by Gasteiger charge is -2.03. The summed E-state index contributed by atoms with van der Waals surface area (Å²) in [5.74, 6) is -0.997. The van der Waals surface area contributed by atoms with Crippen LogP contribution in [0.2, 0.25) is 0 Å². The van der Waals surface area contributed by atoms with E-state index in [0.717, 1.165) is 11.3 Å². The number of amides is 1. The van der Waals surface area contributed by atoms with Crippen LogP contribution < -0.4 is 5.32 Å². The molecule has 0 radical (unpaired) electrons. The predicted octanol–water partition coefficient (Wildman–Crippen LogP) is 3.73. The minimum absolute atomic E-state index is 0.204. The molecule has 0 aliphatic rings. The van der Waals surface area contributed by atoms with E-state index in [-0.39, 0.29) is 6.42 Å². The van der Waals surface area contributed by atoms with E-state index in [0.29, 0.717) is 5.69 Å². The van der Waals surface area contributed by atoms with Gasteiger partial charge in [0.15, 0.2) is 0 Å². The predicted molar refractivity (Wildman–Crippen MR) is 92.7 cm³/mol. The molecule has 4 nitrogen and oxygen atoms in total. The van der Waals surface area contributed by atoms with Gasteiger partial charge in [0.2, 0.25) is 5.78 Å². The minimum Gasteiger partial charge on any atom is -0.319 e. The van der Waals surface area contributed by atoms with E-state index in [1.165, 1.54) is 0 Å². The van der Waals surface area contributed by atoms with E-state index in [1.807, 2.05) is 54.6 Å². The highest BCUT2D eigenvalue weighted by atomic mass is 16.2. The number of aromatic nitrogens is 1. The molecule has 1 heterocycles. The summed E-state index contributed by atoms with van der Waals surface area (Å²) in [6, 6.07) is 13.0. The number of allylic oxidation sites excluding steroid dienone is 2. The number of pyridine rings is 1. The Morgan fingerprint density at radius 3 is 2.43 bits per heavy atom. The zero-order chi connectivity index (χ0) is 16.5. The number of nitrogens with zero attached hydrogens (tertiary/aromatic N) is 1. The third kappa shape index (κ3) is 5.36. The molecule has 0 spiro atoms. The second-order valence-corrected chi connectivity index (χ2v) is 4.83. The van der Waals surface area contributed by atoms with Crippen LogP contribution in [0, 0.1) is 0 Å². The van der Waals surface area contributed by atoms with Crippen LogP contribution >= 0.6 is 0 Å². The highest BCUT2D eigenvalue weighted by molar-refractivity contribution is 6.40. The van der Waals surface area contributed by atoms with E-state index >= 15 is 0 Å². The topological polar surface area (TPSA) is 59.1 Å². The van der Waals surface area contributed by atoms with Crippen molar-refractivity contribution in [3.05, 3.63) is 72.1 Å². The molecule has 1 N–H and O–H groups in total. The first kappa shape index (κ1) is 16.4.